The van der Waals surface area contributed by atoms with Crippen LogP contribution in [0.2, 0.25) is 0 Å². The number of hydrogen-bond acceptors (Lipinski definition) is 6. The molecule has 33 heavy (non-hydrogen) atoms. The molecule has 6 heteroatoms. The number of rotatable bonds is 5. The van der Waals surface area contributed by atoms with E-state index in [-0.39, 0.29) is 24.2 Å². The number of carbonyl (C=O) groups excluding carboxylic acids is 1. The fourth-order valence-corrected chi connectivity index (χ4v) is 5.44. The highest BCUT2D eigenvalue weighted by Crippen LogP contribution is 2.49. The number of phenolic OH excluding ortho intramolecular Hbond substituents is 1. The van der Waals surface area contributed by atoms with Gasteiger partial charge in [-0.1, -0.05) is 0 Å². The Kier molecular flexibility index (Phi) is 6.14. The summed E-state index contributed by atoms with van der Waals surface area (Å²) < 4.78 is 16.8. The van der Waals surface area contributed by atoms with E-state index in [4.69, 9.17) is 14.2 Å². The van der Waals surface area contributed by atoms with E-state index in [9.17, 15) is 9.90 Å². The van der Waals surface area contributed by atoms with Gasteiger partial charge in [0.25, 0.3) is 0 Å². The first-order valence-electron chi connectivity index (χ1n) is 11.5. The SMILES string of the molecule is CCOC(=O)C1=CC(C)N2C1=C1C=C(OC)C(OC)CC1=C(c1cc(C)c(O)c(C)c1)C2C. The van der Waals surface area contributed by atoms with Crippen molar-refractivity contribution in [2.45, 2.75) is 59.2 Å². The standard InChI is InChI=1S/C27H33NO5/c1-8-33-27(30)21-11-16(4)28-17(5)24(18-9-14(2)26(29)15(3)10-18)19-12-22(31-6)23(32-7)13-20(19)25(21)28/h9-11,13,16-17,22,29H,8,12H2,1-7H3. The second kappa shape index (κ2) is 8.75. The summed E-state index contributed by atoms with van der Waals surface area (Å²) >= 11 is 0. The molecule has 2 aliphatic heterocycles. The van der Waals surface area contributed by atoms with Crippen LogP contribution in [0, 0.1) is 13.8 Å². The number of benzene rings is 1. The number of phenols is 1. The van der Waals surface area contributed by atoms with E-state index >= 15 is 0 Å². The maximum Gasteiger partial charge on any atom is 0.340 e. The fourth-order valence-electron chi connectivity index (χ4n) is 5.44. The minimum Gasteiger partial charge on any atom is -0.507 e. The summed E-state index contributed by atoms with van der Waals surface area (Å²) in [5.41, 5.74) is 7.53. The summed E-state index contributed by atoms with van der Waals surface area (Å²) in [6.07, 6.45) is 4.42. The van der Waals surface area contributed by atoms with Crippen LogP contribution in [0.25, 0.3) is 5.57 Å². The minimum atomic E-state index is -0.304. The number of hydrogen-bond donors (Lipinski definition) is 1. The van der Waals surface area contributed by atoms with Crippen molar-refractivity contribution in [3.63, 3.8) is 0 Å². The van der Waals surface area contributed by atoms with Crippen LogP contribution in [0.15, 0.2) is 52.5 Å². The molecule has 0 fully saturated rings. The van der Waals surface area contributed by atoms with Crippen molar-refractivity contribution in [3.05, 3.63) is 69.2 Å². The highest BCUT2D eigenvalue weighted by Gasteiger charge is 2.43. The molecule has 3 aliphatic rings. The predicted molar refractivity (Wildman–Crippen MR) is 128 cm³/mol. The number of aromatic hydroxyl groups is 1. The van der Waals surface area contributed by atoms with Crippen LogP contribution in [-0.4, -0.2) is 55.0 Å². The van der Waals surface area contributed by atoms with E-state index in [0.29, 0.717) is 24.4 Å². The van der Waals surface area contributed by atoms with Gasteiger partial charge in [-0.25, -0.2) is 4.79 Å². The maximum absolute atomic E-state index is 12.9. The van der Waals surface area contributed by atoms with Crippen LogP contribution in [0.3, 0.4) is 0 Å². The second-order valence-corrected chi connectivity index (χ2v) is 8.92. The lowest BCUT2D eigenvalue weighted by molar-refractivity contribution is -0.138. The van der Waals surface area contributed by atoms with Gasteiger partial charge in [-0.05, 0) is 86.7 Å². The molecule has 0 saturated heterocycles. The third-order valence-electron chi connectivity index (χ3n) is 6.91. The summed E-state index contributed by atoms with van der Waals surface area (Å²) in [5, 5.41) is 10.4. The van der Waals surface area contributed by atoms with E-state index < -0.39 is 0 Å². The maximum atomic E-state index is 12.9. The molecule has 0 amide bonds. The van der Waals surface area contributed by atoms with Gasteiger partial charge in [0.2, 0.25) is 0 Å². The number of ether oxygens (including phenoxy) is 3. The Labute approximate surface area is 195 Å². The number of aryl methyl sites for hydroxylation is 2. The molecule has 0 saturated carbocycles. The van der Waals surface area contributed by atoms with Gasteiger partial charge in [-0.15, -0.1) is 0 Å². The summed E-state index contributed by atoms with van der Waals surface area (Å²) in [6.45, 7) is 10.3. The molecule has 1 aliphatic carbocycles. The molecule has 0 bridgehead atoms. The van der Waals surface area contributed by atoms with Crippen molar-refractivity contribution in [2.75, 3.05) is 20.8 Å². The molecule has 1 aromatic rings. The third-order valence-corrected chi connectivity index (χ3v) is 6.91. The Bertz CT molecular complexity index is 1100. The van der Waals surface area contributed by atoms with Crippen molar-refractivity contribution < 1.29 is 24.1 Å². The lowest BCUT2D eigenvalue weighted by Gasteiger charge is -2.43. The lowest BCUT2D eigenvalue weighted by atomic mass is 9.78. The van der Waals surface area contributed by atoms with Gasteiger partial charge in [-0.3, -0.25) is 0 Å². The zero-order valence-corrected chi connectivity index (χ0v) is 20.5. The normalized spacial score (nSPS) is 24.3. The van der Waals surface area contributed by atoms with Crippen LogP contribution in [-0.2, 0) is 19.0 Å². The molecule has 1 aromatic carbocycles. The number of fused-ring (bicyclic) bond motifs is 2. The van der Waals surface area contributed by atoms with Gasteiger partial charge in [0, 0.05) is 25.1 Å². The van der Waals surface area contributed by atoms with Gasteiger partial charge in [0.05, 0.1) is 31.0 Å². The zero-order valence-electron chi connectivity index (χ0n) is 20.5. The summed E-state index contributed by atoms with van der Waals surface area (Å²) in [4.78, 5) is 15.2. The van der Waals surface area contributed by atoms with E-state index in [2.05, 4.69) is 18.7 Å². The first kappa shape index (κ1) is 23.2. The molecular weight excluding hydrogens is 418 g/mol. The fraction of sp³-hybridized carbons (Fsp3) is 0.444. The predicted octanol–water partition coefficient (Wildman–Crippen LogP) is 4.56. The first-order chi connectivity index (χ1) is 15.7. The molecule has 3 unspecified atom stereocenters. The average Bonchev–Trinajstić information content (AvgIpc) is 3.14. The van der Waals surface area contributed by atoms with Gasteiger partial charge in [-0.2, -0.15) is 0 Å². The number of methoxy groups -OCH3 is 2. The van der Waals surface area contributed by atoms with E-state index in [1.165, 1.54) is 5.57 Å². The number of carbonyl (C=O) groups is 1. The van der Waals surface area contributed by atoms with Crippen molar-refractivity contribution >= 4 is 11.5 Å². The van der Waals surface area contributed by atoms with Crippen LogP contribution in [0.4, 0.5) is 0 Å². The Hall–Kier alpha value is -2.99. The first-order valence-corrected chi connectivity index (χ1v) is 11.5. The smallest absolute Gasteiger partial charge is 0.340 e. The highest BCUT2D eigenvalue weighted by atomic mass is 16.5. The Morgan fingerprint density at radius 2 is 1.85 bits per heavy atom. The average molecular weight is 452 g/mol. The number of nitrogens with zero attached hydrogens (tertiary/aromatic N) is 1. The summed E-state index contributed by atoms with van der Waals surface area (Å²) in [7, 11) is 3.33. The van der Waals surface area contributed by atoms with Gasteiger partial charge >= 0.3 is 5.97 Å². The van der Waals surface area contributed by atoms with Crippen molar-refractivity contribution in [2.24, 2.45) is 0 Å². The summed E-state index contributed by atoms with van der Waals surface area (Å²) in [5.74, 6) is 0.755. The molecule has 3 atom stereocenters. The Balaban J connectivity index is 2.02. The van der Waals surface area contributed by atoms with Gasteiger partial charge in [0.15, 0.2) is 0 Å². The molecule has 2 heterocycles. The Morgan fingerprint density at radius 3 is 2.42 bits per heavy atom. The molecule has 1 N–H and O–H groups in total. The molecule has 176 valence electrons. The van der Waals surface area contributed by atoms with E-state index in [1.807, 2.05) is 45.1 Å². The molecule has 4 rings (SSSR count). The third kappa shape index (κ3) is 3.66. The molecule has 0 aromatic heterocycles. The van der Waals surface area contributed by atoms with Crippen LogP contribution in [0.1, 0.15) is 43.9 Å². The second-order valence-electron chi connectivity index (χ2n) is 8.92. The quantitative estimate of drug-likeness (QED) is 0.662. The van der Waals surface area contributed by atoms with E-state index in [1.54, 1.807) is 14.2 Å². The number of allylic oxidation sites excluding steroid dienone is 2. The lowest BCUT2D eigenvalue weighted by Crippen LogP contribution is -2.41. The molecular formula is C27H33NO5. The molecule has 0 spiro atoms. The molecule has 6 nitrogen and oxygen atoms in total. The van der Waals surface area contributed by atoms with E-state index in [0.717, 1.165) is 39.3 Å². The molecule has 0 radical (unpaired) electrons. The Morgan fingerprint density at radius 1 is 1.18 bits per heavy atom. The van der Waals surface area contributed by atoms with Crippen molar-refractivity contribution in [1.29, 1.82) is 0 Å². The van der Waals surface area contributed by atoms with Gasteiger partial charge < -0.3 is 24.2 Å². The largest absolute Gasteiger partial charge is 0.507 e. The van der Waals surface area contributed by atoms with Crippen LogP contribution in [0.5, 0.6) is 5.75 Å². The topological polar surface area (TPSA) is 68.2 Å². The minimum absolute atomic E-state index is 0.00951. The van der Waals surface area contributed by atoms with Crippen molar-refractivity contribution in [1.82, 2.24) is 4.90 Å². The van der Waals surface area contributed by atoms with Crippen LogP contribution < -0.4 is 0 Å². The van der Waals surface area contributed by atoms with Gasteiger partial charge in [0.1, 0.15) is 17.6 Å². The van der Waals surface area contributed by atoms with Crippen molar-refractivity contribution in [3.8, 4) is 5.75 Å². The number of esters is 1. The summed E-state index contributed by atoms with van der Waals surface area (Å²) in [6, 6.07) is 4.12. The monoisotopic (exact) mass is 451 g/mol. The highest BCUT2D eigenvalue weighted by molar-refractivity contribution is 5.97. The van der Waals surface area contributed by atoms with Crippen LogP contribution >= 0.6 is 0 Å². The zero-order chi connectivity index (χ0) is 24.0.